The summed E-state index contributed by atoms with van der Waals surface area (Å²) in [5.41, 5.74) is 0.452. The Morgan fingerprint density at radius 1 is 1.15 bits per heavy atom. The average molecular weight is 374 g/mol. The maximum Gasteiger partial charge on any atom is 0.409 e. The average Bonchev–Trinajstić information content (AvgIpc) is 2.91. The molecule has 0 atom stereocenters. The number of aliphatic hydroxyl groups is 1. The summed E-state index contributed by atoms with van der Waals surface area (Å²) in [7, 11) is 1.53. The predicted octanol–water partition coefficient (Wildman–Crippen LogP) is 1.95. The molecule has 0 bridgehead atoms. The number of carbonyl (C=O) groups is 3. The van der Waals surface area contributed by atoms with E-state index in [2.05, 4.69) is 0 Å². The monoisotopic (exact) mass is 374 g/mol. The molecular formula is C19H22N2O6. The highest BCUT2D eigenvalue weighted by Crippen LogP contribution is 2.32. The van der Waals surface area contributed by atoms with E-state index in [0.29, 0.717) is 43.9 Å². The molecule has 2 aliphatic heterocycles. The quantitative estimate of drug-likeness (QED) is 0.810. The molecule has 0 aliphatic carbocycles. The zero-order valence-corrected chi connectivity index (χ0v) is 15.3. The zero-order chi connectivity index (χ0) is 19.6. The summed E-state index contributed by atoms with van der Waals surface area (Å²) in [5.74, 6) is -1.14. The number of aliphatic hydroxyl groups excluding tert-OH is 1. The third-order valence-electron chi connectivity index (χ3n) is 4.83. The van der Waals surface area contributed by atoms with E-state index in [1.54, 1.807) is 36.1 Å². The van der Waals surface area contributed by atoms with Crippen LogP contribution in [0.2, 0.25) is 0 Å². The summed E-state index contributed by atoms with van der Waals surface area (Å²) in [4.78, 5) is 39.8. The first-order valence-electron chi connectivity index (χ1n) is 8.85. The summed E-state index contributed by atoms with van der Waals surface area (Å²) < 4.78 is 10.1. The second kappa shape index (κ2) is 7.69. The molecule has 0 unspecified atom stereocenters. The maximum absolute atomic E-state index is 12.8. The molecule has 0 aromatic heterocycles. The fourth-order valence-corrected chi connectivity index (χ4v) is 3.41. The molecule has 8 nitrogen and oxygen atoms in total. The van der Waals surface area contributed by atoms with E-state index in [0.717, 1.165) is 4.90 Å². The Kier molecular flexibility index (Phi) is 5.34. The topological polar surface area (TPSA) is 96.4 Å². The van der Waals surface area contributed by atoms with E-state index < -0.39 is 23.7 Å². The van der Waals surface area contributed by atoms with Crippen LogP contribution in [-0.2, 0) is 14.3 Å². The molecule has 1 fully saturated rings. The molecule has 2 aliphatic rings. The maximum atomic E-state index is 12.8. The third-order valence-corrected chi connectivity index (χ3v) is 4.83. The first-order valence-corrected chi connectivity index (χ1v) is 8.85. The van der Waals surface area contributed by atoms with Crippen LogP contribution >= 0.6 is 0 Å². The number of hydrogen-bond acceptors (Lipinski definition) is 6. The van der Waals surface area contributed by atoms with Crippen molar-refractivity contribution in [3.8, 4) is 5.75 Å². The minimum Gasteiger partial charge on any atom is -0.502 e. The van der Waals surface area contributed by atoms with E-state index in [4.69, 9.17) is 9.47 Å². The van der Waals surface area contributed by atoms with Crippen LogP contribution in [0, 0.1) is 0 Å². The molecule has 3 rings (SSSR count). The largest absolute Gasteiger partial charge is 0.502 e. The van der Waals surface area contributed by atoms with Crippen molar-refractivity contribution in [3.05, 3.63) is 35.6 Å². The molecule has 1 saturated heterocycles. The van der Waals surface area contributed by atoms with Crippen LogP contribution in [0.15, 0.2) is 30.0 Å². The van der Waals surface area contributed by atoms with Gasteiger partial charge in [-0.3, -0.25) is 14.5 Å². The van der Waals surface area contributed by atoms with Crippen molar-refractivity contribution in [2.24, 2.45) is 0 Å². The van der Waals surface area contributed by atoms with Gasteiger partial charge in [-0.15, -0.1) is 0 Å². The Morgan fingerprint density at radius 3 is 2.33 bits per heavy atom. The van der Waals surface area contributed by atoms with Gasteiger partial charge in [0.25, 0.3) is 11.8 Å². The standard InChI is InChI=1S/C19H22N2O6/c1-3-27-19(25)20-10-8-13(9-11-20)21-17(23)15(16(22)18(21)24)12-4-6-14(26-2)7-5-12/h4-7,13,22H,3,8-11H2,1-2H3. The Hall–Kier alpha value is -3.03. The number of carbonyl (C=O) groups excluding carboxylic acids is 3. The number of ether oxygens (including phenoxy) is 2. The van der Waals surface area contributed by atoms with Crippen LogP contribution in [0.1, 0.15) is 25.3 Å². The number of amides is 3. The molecule has 8 heteroatoms. The van der Waals surface area contributed by atoms with Gasteiger partial charge in [-0.2, -0.15) is 0 Å². The van der Waals surface area contributed by atoms with Crippen molar-refractivity contribution in [2.45, 2.75) is 25.8 Å². The lowest BCUT2D eigenvalue weighted by atomic mass is 10.0. The number of hydrogen-bond donors (Lipinski definition) is 1. The zero-order valence-electron chi connectivity index (χ0n) is 15.3. The van der Waals surface area contributed by atoms with Gasteiger partial charge in [-0.25, -0.2) is 4.79 Å². The first kappa shape index (κ1) is 18.8. The smallest absolute Gasteiger partial charge is 0.409 e. The third kappa shape index (κ3) is 3.47. The van der Waals surface area contributed by atoms with Crippen molar-refractivity contribution < 1.29 is 29.0 Å². The van der Waals surface area contributed by atoms with Gasteiger partial charge in [0, 0.05) is 19.1 Å². The molecular weight excluding hydrogens is 352 g/mol. The van der Waals surface area contributed by atoms with Crippen molar-refractivity contribution in [3.63, 3.8) is 0 Å². The van der Waals surface area contributed by atoms with E-state index in [1.165, 1.54) is 7.11 Å². The van der Waals surface area contributed by atoms with Gasteiger partial charge in [0.05, 0.1) is 19.3 Å². The Balaban J connectivity index is 1.73. The van der Waals surface area contributed by atoms with Crippen molar-refractivity contribution in [1.29, 1.82) is 0 Å². The van der Waals surface area contributed by atoms with Crippen LogP contribution in [-0.4, -0.2) is 65.7 Å². The second-order valence-electron chi connectivity index (χ2n) is 6.35. The molecule has 144 valence electrons. The van der Waals surface area contributed by atoms with Crippen molar-refractivity contribution >= 4 is 23.5 Å². The lowest BCUT2D eigenvalue weighted by molar-refractivity contribution is -0.141. The van der Waals surface area contributed by atoms with Crippen LogP contribution in [0.4, 0.5) is 4.79 Å². The van der Waals surface area contributed by atoms with E-state index in [-0.39, 0.29) is 11.6 Å². The molecule has 3 amide bonds. The normalized spacial score (nSPS) is 18.3. The van der Waals surface area contributed by atoms with Crippen molar-refractivity contribution in [1.82, 2.24) is 9.80 Å². The fraction of sp³-hybridized carbons (Fsp3) is 0.421. The lowest BCUT2D eigenvalue weighted by Crippen LogP contribution is -2.49. The SMILES string of the molecule is CCOC(=O)N1CCC(N2C(=O)C(O)=C(c3ccc(OC)cc3)C2=O)CC1. The summed E-state index contributed by atoms with van der Waals surface area (Å²) in [6.45, 7) is 2.81. The molecule has 0 saturated carbocycles. The van der Waals surface area contributed by atoms with E-state index >= 15 is 0 Å². The molecule has 0 spiro atoms. The summed E-state index contributed by atoms with van der Waals surface area (Å²) in [5, 5.41) is 10.3. The summed E-state index contributed by atoms with van der Waals surface area (Å²) >= 11 is 0. The number of rotatable bonds is 4. The number of likely N-dealkylation sites (tertiary alicyclic amines) is 1. The Labute approximate surface area is 156 Å². The first-order chi connectivity index (χ1) is 13.0. The molecule has 0 radical (unpaired) electrons. The van der Waals surface area contributed by atoms with E-state index in [1.807, 2.05) is 0 Å². The van der Waals surface area contributed by atoms with Crippen LogP contribution < -0.4 is 4.74 Å². The second-order valence-corrected chi connectivity index (χ2v) is 6.35. The Bertz CT molecular complexity index is 778. The van der Waals surface area contributed by atoms with Crippen LogP contribution in [0.3, 0.4) is 0 Å². The molecule has 1 aromatic carbocycles. The Morgan fingerprint density at radius 2 is 1.78 bits per heavy atom. The van der Waals surface area contributed by atoms with Crippen LogP contribution in [0.25, 0.3) is 5.57 Å². The number of benzene rings is 1. The van der Waals surface area contributed by atoms with Gasteiger partial charge in [0.15, 0.2) is 5.76 Å². The summed E-state index contributed by atoms with van der Waals surface area (Å²) in [6.07, 6.45) is 0.494. The van der Waals surface area contributed by atoms with Gasteiger partial charge in [-0.05, 0) is 37.5 Å². The number of methoxy groups -OCH3 is 1. The van der Waals surface area contributed by atoms with Gasteiger partial charge in [0.2, 0.25) is 0 Å². The predicted molar refractivity (Wildman–Crippen MR) is 96.0 cm³/mol. The highest BCUT2D eigenvalue weighted by Gasteiger charge is 2.44. The number of imide groups is 1. The molecule has 27 heavy (non-hydrogen) atoms. The summed E-state index contributed by atoms with van der Waals surface area (Å²) in [6, 6.07) is 6.21. The number of nitrogens with zero attached hydrogens (tertiary/aromatic N) is 2. The fourth-order valence-electron chi connectivity index (χ4n) is 3.41. The van der Waals surface area contributed by atoms with Gasteiger partial charge in [0.1, 0.15) is 5.75 Å². The molecule has 2 heterocycles. The van der Waals surface area contributed by atoms with Crippen LogP contribution in [0.5, 0.6) is 5.75 Å². The highest BCUT2D eigenvalue weighted by atomic mass is 16.6. The molecule has 1 aromatic rings. The minimum absolute atomic E-state index is 0.00419. The van der Waals surface area contributed by atoms with E-state index in [9.17, 15) is 19.5 Å². The van der Waals surface area contributed by atoms with Gasteiger partial charge in [-0.1, -0.05) is 12.1 Å². The van der Waals surface area contributed by atoms with Crippen molar-refractivity contribution in [2.75, 3.05) is 26.8 Å². The van der Waals surface area contributed by atoms with Gasteiger partial charge < -0.3 is 19.5 Å². The molecule has 1 N–H and O–H groups in total. The minimum atomic E-state index is -0.694. The highest BCUT2D eigenvalue weighted by molar-refractivity contribution is 6.35. The number of piperidine rings is 1. The van der Waals surface area contributed by atoms with Gasteiger partial charge >= 0.3 is 6.09 Å². The lowest BCUT2D eigenvalue weighted by Gasteiger charge is -2.35.